The van der Waals surface area contributed by atoms with Crippen molar-refractivity contribution >= 4 is 5.91 Å². The van der Waals surface area contributed by atoms with Crippen LogP contribution in [0.15, 0.2) is 54.9 Å². The van der Waals surface area contributed by atoms with Crippen LogP contribution in [0.1, 0.15) is 34.7 Å². The molecule has 2 unspecified atom stereocenters. The maximum atomic E-state index is 13.1. The lowest BCUT2D eigenvalue weighted by Crippen LogP contribution is -2.47. The molecule has 0 aliphatic carbocycles. The molecule has 0 bridgehead atoms. The minimum Gasteiger partial charge on any atom is -0.311 e. The molecule has 26 heavy (non-hydrogen) atoms. The van der Waals surface area contributed by atoms with Crippen LogP contribution in [0, 0.1) is 19.7 Å². The number of benzene rings is 2. The summed E-state index contributed by atoms with van der Waals surface area (Å²) in [5.41, 5.74) is 7.88. The van der Waals surface area contributed by atoms with Gasteiger partial charge in [0.05, 0.1) is 12.6 Å². The summed E-state index contributed by atoms with van der Waals surface area (Å²) in [6, 6.07) is 12.5. The van der Waals surface area contributed by atoms with E-state index in [9.17, 15) is 9.18 Å². The fourth-order valence-electron chi connectivity index (χ4n) is 3.63. The van der Waals surface area contributed by atoms with E-state index in [4.69, 9.17) is 0 Å². The van der Waals surface area contributed by atoms with Crippen LogP contribution < -0.4 is 5.43 Å². The third-order valence-electron chi connectivity index (χ3n) is 5.19. The standard InChI is InChI=1S/C21H22FN3O/c1-14-3-4-15(2)17(11-14)13-24-9-10-25-20(21(24)26)12-19(23-25)16-5-7-18(22)8-6-16/h3-11,19-20,23H,12-13H2,1-2H3. The second-order valence-corrected chi connectivity index (χ2v) is 7.09. The third-order valence-corrected chi connectivity index (χ3v) is 5.19. The average Bonchev–Trinajstić information content (AvgIpc) is 3.06. The molecule has 0 spiro atoms. The van der Waals surface area contributed by atoms with Gasteiger partial charge in [-0.3, -0.25) is 4.79 Å². The molecule has 0 saturated carbocycles. The van der Waals surface area contributed by atoms with Crippen LogP contribution in [0.3, 0.4) is 0 Å². The number of carbonyl (C=O) groups is 1. The van der Waals surface area contributed by atoms with Crippen molar-refractivity contribution in [2.75, 3.05) is 0 Å². The van der Waals surface area contributed by atoms with Crippen molar-refractivity contribution in [1.82, 2.24) is 15.3 Å². The molecular formula is C21H22FN3O. The van der Waals surface area contributed by atoms with Gasteiger partial charge in [0, 0.05) is 12.4 Å². The summed E-state index contributed by atoms with van der Waals surface area (Å²) in [6.45, 7) is 4.71. The minimum atomic E-state index is -0.250. The zero-order chi connectivity index (χ0) is 18.3. The average molecular weight is 351 g/mol. The summed E-state index contributed by atoms with van der Waals surface area (Å²) in [7, 11) is 0. The van der Waals surface area contributed by atoms with E-state index in [2.05, 4.69) is 37.5 Å². The number of hydrogen-bond donors (Lipinski definition) is 1. The Hall–Kier alpha value is -2.66. The molecule has 1 amide bonds. The zero-order valence-corrected chi connectivity index (χ0v) is 14.9. The number of hydrogen-bond acceptors (Lipinski definition) is 3. The highest BCUT2D eigenvalue weighted by atomic mass is 19.1. The highest BCUT2D eigenvalue weighted by molar-refractivity contribution is 5.84. The molecule has 2 atom stereocenters. The molecule has 4 nitrogen and oxygen atoms in total. The van der Waals surface area contributed by atoms with Crippen LogP contribution in [-0.2, 0) is 11.3 Å². The molecule has 1 saturated heterocycles. The van der Waals surface area contributed by atoms with Crippen molar-refractivity contribution in [1.29, 1.82) is 0 Å². The Balaban J connectivity index is 1.50. The molecule has 134 valence electrons. The third kappa shape index (κ3) is 3.10. The molecule has 2 aliphatic rings. The monoisotopic (exact) mass is 351 g/mol. The van der Waals surface area contributed by atoms with Crippen molar-refractivity contribution < 1.29 is 9.18 Å². The van der Waals surface area contributed by atoms with Crippen LogP contribution in [0.25, 0.3) is 0 Å². The van der Waals surface area contributed by atoms with Gasteiger partial charge >= 0.3 is 0 Å². The van der Waals surface area contributed by atoms with Gasteiger partial charge in [-0.1, -0.05) is 35.9 Å². The number of rotatable bonds is 3. The van der Waals surface area contributed by atoms with Gasteiger partial charge < -0.3 is 9.91 Å². The SMILES string of the molecule is Cc1ccc(C)c(CN2C=CN3NC(c4ccc(F)cc4)CC3C2=O)c1. The second-order valence-electron chi connectivity index (χ2n) is 7.09. The fourth-order valence-corrected chi connectivity index (χ4v) is 3.63. The van der Waals surface area contributed by atoms with Crippen molar-refractivity contribution in [2.24, 2.45) is 0 Å². The summed E-state index contributed by atoms with van der Waals surface area (Å²) in [6.07, 6.45) is 4.42. The Morgan fingerprint density at radius 1 is 1.12 bits per heavy atom. The first kappa shape index (κ1) is 16.8. The van der Waals surface area contributed by atoms with Gasteiger partial charge in [-0.25, -0.2) is 9.82 Å². The lowest BCUT2D eigenvalue weighted by Gasteiger charge is -2.32. The van der Waals surface area contributed by atoms with E-state index in [1.54, 1.807) is 17.0 Å². The maximum absolute atomic E-state index is 13.1. The minimum absolute atomic E-state index is 0.00913. The molecular weight excluding hydrogens is 329 g/mol. The van der Waals surface area contributed by atoms with Gasteiger partial charge in [0.15, 0.2) is 0 Å². The van der Waals surface area contributed by atoms with E-state index < -0.39 is 0 Å². The number of amides is 1. The molecule has 0 aromatic heterocycles. The highest BCUT2D eigenvalue weighted by Crippen LogP contribution is 2.31. The Morgan fingerprint density at radius 2 is 1.88 bits per heavy atom. The largest absolute Gasteiger partial charge is 0.311 e. The van der Waals surface area contributed by atoms with Crippen LogP contribution in [0.2, 0.25) is 0 Å². The summed E-state index contributed by atoms with van der Waals surface area (Å²) < 4.78 is 13.1. The van der Waals surface area contributed by atoms with Crippen LogP contribution in [0.5, 0.6) is 0 Å². The summed E-state index contributed by atoms with van der Waals surface area (Å²) in [5.74, 6) is -0.161. The molecule has 1 fully saturated rings. The van der Waals surface area contributed by atoms with E-state index in [-0.39, 0.29) is 23.8 Å². The summed E-state index contributed by atoms with van der Waals surface area (Å²) in [5, 5.41) is 1.87. The first-order valence-electron chi connectivity index (χ1n) is 8.86. The molecule has 5 heteroatoms. The van der Waals surface area contributed by atoms with Gasteiger partial charge in [0.25, 0.3) is 5.91 Å². The van der Waals surface area contributed by atoms with E-state index in [0.717, 1.165) is 11.1 Å². The number of nitrogens with one attached hydrogen (secondary N) is 1. The lowest BCUT2D eigenvalue weighted by atomic mass is 10.0. The van der Waals surface area contributed by atoms with Gasteiger partial charge in [-0.15, -0.1) is 0 Å². The Labute approximate surface area is 152 Å². The predicted octanol–water partition coefficient (Wildman–Crippen LogP) is 3.58. The van der Waals surface area contributed by atoms with Gasteiger partial charge in [-0.05, 0) is 49.1 Å². The molecule has 2 heterocycles. The summed E-state index contributed by atoms with van der Waals surface area (Å²) >= 11 is 0. The number of carbonyl (C=O) groups excluding carboxylic acids is 1. The molecule has 2 aromatic rings. The molecule has 2 aliphatic heterocycles. The fraction of sp³-hybridized carbons (Fsp3) is 0.286. The smallest absolute Gasteiger partial charge is 0.251 e. The van der Waals surface area contributed by atoms with Gasteiger partial charge in [0.1, 0.15) is 11.9 Å². The molecule has 2 aromatic carbocycles. The first-order chi connectivity index (χ1) is 12.5. The number of fused-ring (bicyclic) bond motifs is 1. The number of hydrazine groups is 1. The quantitative estimate of drug-likeness (QED) is 0.918. The highest BCUT2D eigenvalue weighted by Gasteiger charge is 2.39. The number of aryl methyl sites for hydroxylation is 2. The van der Waals surface area contributed by atoms with Gasteiger partial charge in [-0.2, -0.15) is 0 Å². The molecule has 0 radical (unpaired) electrons. The number of halogens is 1. The van der Waals surface area contributed by atoms with Crippen molar-refractivity contribution in [3.63, 3.8) is 0 Å². The normalized spacial score (nSPS) is 22.0. The lowest BCUT2D eigenvalue weighted by molar-refractivity contribution is -0.134. The van der Waals surface area contributed by atoms with E-state index in [0.29, 0.717) is 13.0 Å². The van der Waals surface area contributed by atoms with Crippen LogP contribution >= 0.6 is 0 Å². The second kappa shape index (κ2) is 6.57. The van der Waals surface area contributed by atoms with E-state index >= 15 is 0 Å². The summed E-state index contributed by atoms with van der Waals surface area (Å²) in [4.78, 5) is 14.8. The topological polar surface area (TPSA) is 35.6 Å². The van der Waals surface area contributed by atoms with Crippen molar-refractivity contribution in [3.8, 4) is 0 Å². The van der Waals surface area contributed by atoms with Gasteiger partial charge in [0.2, 0.25) is 0 Å². The predicted molar refractivity (Wildman–Crippen MR) is 98.1 cm³/mol. The Bertz CT molecular complexity index is 862. The first-order valence-corrected chi connectivity index (χ1v) is 8.86. The van der Waals surface area contributed by atoms with Crippen LogP contribution in [0.4, 0.5) is 4.39 Å². The van der Waals surface area contributed by atoms with Crippen molar-refractivity contribution in [2.45, 2.75) is 38.9 Å². The molecule has 4 rings (SSSR count). The zero-order valence-electron chi connectivity index (χ0n) is 14.9. The van der Waals surface area contributed by atoms with E-state index in [1.165, 1.54) is 23.3 Å². The number of nitrogens with zero attached hydrogens (tertiary/aromatic N) is 2. The van der Waals surface area contributed by atoms with E-state index in [1.807, 2.05) is 17.4 Å². The Kier molecular flexibility index (Phi) is 4.24. The van der Waals surface area contributed by atoms with Crippen molar-refractivity contribution in [3.05, 3.63) is 82.9 Å². The van der Waals surface area contributed by atoms with Crippen LogP contribution in [-0.4, -0.2) is 21.9 Å². The maximum Gasteiger partial charge on any atom is 0.251 e. The Morgan fingerprint density at radius 3 is 2.65 bits per heavy atom. The molecule has 1 N–H and O–H groups in total.